The third-order valence-electron chi connectivity index (χ3n) is 1.93. The second kappa shape index (κ2) is 3.96. The van der Waals surface area contributed by atoms with E-state index in [9.17, 15) is 5.11 Å². The second-order valence-corrected chi connectivity index (χ2v) is 3.48. The summed E-state index contributed by atoms with van der Waals surface area (Å²) in [5.41, 5.74) is 12.6. The number of aliphatic hydroxyl groups excluding tert-OH is 1. The minimum Gasteiger partial charge on any atom is -0.398 e. The highest BCUT2D eigenvalue weighted by Crippen LogP contribution is 2.24. The lowest BCUT2D eigenvalue weighted by molar-refractivity contribution is 0.164. The minimum atomic E-state index is -0.622. The number of aliphatic hydroxyl groups is 1. The molecule has 0 aliphatic carbocycles. The fourth-order valence-corrected chi connectivity index (χ4v) is 1.29. The third-order valence-corrected chi connectivity index (χ3v) is 2.16. The molecule has 1 aromatic rings. The van der Waals surface area contributed by atoms with Crippen molar-refractivity contribution < 1.29 is 5.11 Å². The average Bonchev–Trinajstić information content (AvgIpc) is 2.03. The molecule has 5 N–H and O–H groups in total. The fourth-order valence-electron chi connectivity index (χ4n) is 1.11. The molecule has 0 saturated carbocycles. The number of nitrogen functional groups attached to an aromatic ring is 1. The summed E-state index contributed by atoms with van der Waals surface area (Å²) in [5.74, 6) is 0. The van der Waals surface area contributed by atoms with Gasteiger partial charge in [-0.25, -0.2) is 0 Å². The van der Waals surface area contributed by atoms with Gasteiger partial charge in [-0.15, -0.1) is 0 Å². The van der Waals surface area contributed by atoms with E-state index in [-0.39, 0.29) is 0 Å². The summed E-state index contributed by atoms with van der Waals surface area (Å²) >= 11 is 5.72. The van der Waals surface area contributed by atoms with Crippen molar-refractivity contribution in [2.75, 3.05) is 5.73 Å². The highest BCUT2D eigenvalue weighted by Gasteiger charge is 2.14. The van der Waals surface area contributed by atoms with Crippen LogP contribution in [0.5, 0.6) is 0 Å². The van der Waals surface area contributed by atoms with Crippen molar-refractivity contribution in [2.45, 2.75) is 19.1 Å². The highest BCUT2D eigenvalue weighted by molar-refractivity contribution is 6.30. The van der Waals surface area contributed by atoms with Crippen LogP contribution in [0, 0.1) is 0 Å². The van der Waals surface area contributed by atoms with Gasteiger partial charge in [-0.2, -0.15) is 0 Å². The zero-order valence-corrected chi connectivity index (χ0v) is 8.12. The number of halogens is 1. The van der Waals surface area contributed by atoms with E-state index in [1.54, 1.807) is 25.1 Å². The lowest BCUT2D eigenvalue weighted by atomic mass is 10.0. The fraction of sp³-hybridized carbons (Fsp3) is 0.333. The number of hydrogen-bond donors (Lipinski definition) is 3. The van der Waals surface area contributed by atoms with Gasteiger partial charge in [0.2, 0.25) is 0 Å². The van der Waals surface area contributed by atoms with E-state index in [0.717, 1.165) is 5.56 Å². The Bertz CT molecular complexity index is 302. The summed E-state index contributed by atoms with van der Waals surface area (Å²) in [7, 11) is 0. The molecule has 0 aromatic heterocycles. The van der Waals surface area contributed by atoms with Gasteiger partial charge in [0, 0.05) is 10.7 Å². The van der Waals surface area contributed by atoms with Crippen molar-refractivity contribution >= 4 is 17.3 Å². The Morgan fingerprint density at radius 2 is 2.08 bits per heavy atom. The van der Waals surface area contributed by atoms with Gasteiger partial charge in [0.25, 0.3) is 0 Å². The Kier molecular flexibility index (Phi) is 3.14. The predicted molar refractivity (Wildman–Crippen MR) is 54.5 cm³/mol. The van der Waals surface area contributed by atoms with Crippen LogP contribution in [-0.2, 0) is 0 Å². The van der Waals surface area contributed by atoms with Crippen LogP contribution in [0.1, 0.15) is 18.5 Å². The summed E-state index contributed by atoms with van der Waals surface area (Å²) in [4.78, 5) is 0. The van der Waals surface area contributed by atoms with E-state index in [1.807, 2.05) is 0 Å². The van der Waals surface area contributed by atoms with E-state index < -0.39 is 12.1 Å². The average molecular weight is 201 g/mol. The molecule has 0 unspecified atom stereocenters. The quantitative estimate of drug-likeness (QED) is 0.631. The lowest BCUT2D eigenvalue weighted by Gasteiger charge is -2.17. The standard InChI is InChI=1S/C9H13ClN2O/c1-5(13)9(12)7-3-2-6(10)4-8(7)11/h2-5,9,13H,11-12H2,1H3/t5-,9+/m1/s1. The second-order valence-electron chi connectivity index (χ2n) is 3.04. The summed E-state index contributed by atoms with van der Waals surface area (Å²) in [6.07, 6.45) is -0.622. The van der Waals surface area contributed by atoms with Gasteiger partial charge in [0.1, 0.15) is 0 Å². The van der Waals surface area contributed by atoms with Crippen molar-refractivity contribution in [1.29, 1.82) is 0 Å². The van der Waals surface area contributed by atoms with Crippen LogP contribution >= 0.6 is 11.6 Å². The number of nitrogens with two attached hydrogens (primary N) is 2. The van der Waals surface area contributed by atoms with Crippen molar-refractivity contribution in [3.8, 4) is 0 Å². The maximum absolute atomic E-state index is 9.25. The van der Waals surface area contributed by atoms with Gasteiger partial charge in [-0.1, -0.05) is 17.7 Å². The first-order valence-electron chi connectivity index (χ1n) is 4.01. The van der Waals surface area contributed by atoms with E-state index >= 15 is 0 Å². The molecule has 0 saturated heterocycles. The van der Waals surface area contributed by atoms with E-state index in [1.165, 1.54) is 0 Å². The molecule has 3 nitrogen and oxygen atoms in total. The van der Waals surface area contributed by atoms with Crippen molar-refractivity contribution in [3.05, 3.63) is 28.8 Å². The summed E-state index contributed by atoms with van der Waals surface area (Å²) in [6.45, 7) is 1.62. The maximum atomic E-state index is 9.25. The first-order valence-corrected chi connectivity index (χ1v) is 4.38. The maximum Gasteiger partial charge on any atom is 0.0705 e. The van der Waals surface area contributed by atoms with Crippen molar-refractivity contribution in [1.82, 2.24) is 0 Å². The number of anilines is 1. The molecule has 0 radical (unpaired) electrons. The molecule has 0 spiro atoms. The molecule has 13 heavy (non-hydrogen) atoms. The minimum absolute atomic E-state index is 0.461. The van der Waals surface area contributed by atoms with Crippen molar-refractivity contribution in [3.63, 3.8) is 0 Å². The normalized spacial score (nSPS) is 15.4. The van der Waals surface area contributed by atoms with Gasteiger partial charge in [-0.05, 0) is 24.6 Å². The molecule has 0 amide bonds. The van der Waals surface area contributed by atoms with E-state index in [2.05, 4.69) is 0 Å². The van der Waals surface area contributed by atoms with Crippen molar-refractivity contribution in [2.24, 2.45) is 5.73 Å². The summed E-state index contributed by atoms with van der Waals surface area (Å²) < 4.78 is 0. The molecule has 0 bridgehead atoms. The summed E-state index contributed by atoms with van der Waals surface area (Å²) in [5, 5.41) is 9.82. The lowest BCUT2D eigenvalue weighted by Crippen LogP contribution is -2.24. The first-order chi connectivity index (χ1) is 6.02. The third kappa shape index (κ3) is 2.34. The number of benzene rings is 1. The van der Waals surface area contributed by atoms with Crippen LogP contribution in [0.25, 0.3) is 0 Å². The zero-order valence-electron chi connectivity index (χ0n) is 7.37. The van der Waals surface area contributed by atoms with Crippen LogP contribution in [0.15, 0.2) is 18.2 Å². The van der Waals surface area contributed by atoms with E-state index in [4.69, 9.17) is 23.1 Å². The van der Waals surface area contributed by atoms with Crippen LogP contribution in [0.3, 0.4) is 0 Å². The Hall–Kier alpha value is -0.770. The molecule has 1 aromatic carbocycles. The smallest absolute Gasteiger partial charge is 0.0705 e. The monoisotopic (exact) mass is 200 g/mol. The molecule has 72 valence electrons. The van der Waals surface area contributed by atoms with Crippen LogP contribution in [0.2, 0.25) is 5.02 Å². The highest BCUT2D eigenvalue weighted by atomic mass is 35.5. The SMILES string of the molecule is C[C@@H](O)[C@H](N)c1ccc(Cl)cc1N. The molecule has 0 aliphatic rings. The van der Waals surface area contributed by atoms with Crippen LogP contribution in [0.4, 0.5) is 5.69 Å². The topological polar surface area (TPSA) is 72.3 Å². The molecule has 0 fully saturated rings. The molecule has 4 heteroatoms. The summed E-state index contributed by atoms with van der Waals surface area (Å²) in [6, 6.07) is 4.60. The Morgan fingerprint density at radius 3 is 2.54 bits per heavy atom. The van der Waals surface area contributed by atoms with Gasteiger partial charge >= 0.3 is 0 Å². The van der Waals surface area contributed by atoms with Gasteiger partial charge < -0.3 is 16.6 Å². The molecule has 1 rings (SSSR count). The molecular weight excluding hydrogens is 188 g/mol. The van der Waals surface area contributed by atoms with E-state index in [0.29, 0.717) is 10.7 Å². The predicted octanol–water partition coefficient (Wildman–Crippen LogP) is 1.30. The van der Waals surface area contributed by atoms with Crippen LogP contribution in [-0.4, -0.2) is 11.2 Å². The Morgan fingerprint density at radius 1 is 1.46 bits per heavy atom. The van der Waals surface area contributed by atoms with Gasteiger partial charge in [-0.3, -0.25) is 0 Å². The van der Waals surface area contributed by atoms with Gasteiger partial charge in [0.05, 0.1) is 12.1 Å². The first kappa shape index (κ1) is 10.3. The Labute approximate surface area is 82.3 Å². The van der Waals surface area contributed by atoms with Gasteiger partial charge in [0.15, 0.2) is 0 Å². The number of rotatable bonds is 2. The molecular formula is C9H13ClN2O. The van der Waals surface area contributed by atoms with Crippen LogP contribution < -0.4 is 11.5 Å². The molecule has 0 aliphatic heterocycles. The largest absolute Gasteiger partial charge is 0.398 e. The zero-order chi connectivity index (χ0) is 10.0. The molecule has 2 atom stereocenters. The molecule has 0 heterocycles. The Balaban J connectivity index is 3.01. The number of hydrogen-bond acceptors (Lipinski definition) is 3.